The van der Waals surface area contributed by atoms with Crippen LogP contribution in [0.4, 0.5) is 8.78 Å². The van der Waals surface area contributed by atoms with Crippen LogP contribution in [0.1, 0.15) is 19.4 Å². The van der Waals surface area contributed by atoms with E-state index in [0.717, 1.165) is 12.1 Å². The Kier molecular flexibility index (Phi) is 2.26. The number of phenolic OH excluding ortho intramolecular Hbond substituents is 1. The van der Waals surface area contributed by atoms with Crippen molar-refractivity contribution in [1.29, 1.82) is 0 Å². The summed E-state index contributed by atoms with van der Waals surface area (Å²) >= 11 is 0. The van der Waals surface area contributed by atoms with Crippen molar-refractivity contribution in [3.63, 3.8) is 0 Å². The molecule has 0 bridgehead atoms. The van der Waals surface area contributed by atoms with E-state index in [-0.39, 0.29) is 5.56 Å². The van der Waals surface area contributed by atoms with Crippen LogP contribution >= 0.6 is 0 Å². The molecule has 1 aromatic carbocycles. The number of benzene rings is 1. The van der Waals surface area contributed by atoms with Gasteiger partial charge in [-0.05, 0) is 19.9 Å². The summed E-state index contributed by atoms with van der Waals surface area (Å²) in [5, 5.41) is 18.3. The topological polar surface area (TPSA) is 40.5 Å². The lowest BCUT2D eigenvalue weighted by Gasteiger charge is -2.18. The van der Waals surface area contributed by atoms with Crippen LogP contribution < -0.4 is 0 Å². The Hall–Kier alpha value is -1.16. The number of aliphatic hydroxyl groups is 1. The van der Waals surface area contributed by atoms with E-state index in [1.165, 1.54) is 13.8 Å². The van der Waals surface area contributed by atoms with Gasteiger partial charge < -0.3 is 10.2 Å². The molecule has 0 aliphatic carbocycles. The second kappa shape index (κ2) is 2.96. The molecule has 0 aliphatic rings. The fraction of sp³-hybridized carbons (Fsp3) is 0.333. The highest BCUT2D eigenvalue weighted by Crippen LogP contribution is 2.29. The van der Waals surface area contributed by atoms with Crippen molar-refractivity contribution < 1.29 is 19.0 Å². The molecule has 2 nitrogen and oxygen atoms in total. The molecule has 0 fully saturated rings. The van der Waals surface area contributed by atoms with Gasteiger partial charge in [-0.25, -0.2) is 8.78 Å². The Morgan fingerprint density at radius 1 is 1.23 bits per heavy atom. The molecule has 0 saturated heterocycles. The predicted molar refractivity (Wildman–Crippen MR) is 43.3 cm³/mol. The van der Waals surface area contributed by atoms with E-state index in [2.05, 4.69) is 0 Å². The van der Waals surface area contributed by atoms with Crippen LogP contribution in [0.5, 0.6) is 5.75 Å². The summed E-state index contributed by atoms with van der Waals surface area (Å²) in [7, 11) is 0. The Morgan fingerprint density at radius 2 is 1.77 bits per heavy atom. The molecule has 4 heteroatoms. The summed E-state index contributed by atoms with van der Waals surface area (Å²) in [5.41, 5.74) is -1.57. The highest BCUT2D eigenvalue weighted by atomic mass is 19.1. The van der Waals surface area contributed by atoms with Gasteiger partial charge in [0.05, 0.1) is 5.60 Å². The maximum Gasteiger partial charge on any atom is 0.188 e. The molecule has 2 N–H and O–H groups in total. The molecule has 1 rings (SSSR count). The Morgan fingerprint density at radius 3 is 2.23 bits per heavy atom. The molecule has 0 aromatic heterocycles. The molecule has 0 spiro atoms. The number of hydrogen-bond acceptors (Lipinski definition) is 2. The average molecular weight is 188 g/mol. The lowest BCUT2D eigenvalue weighted by atomic mass is 9.97. The largest absolute Gasteiger partial charge is 0.503 e. The summed E-state index contributed by atoms with van der Waals surface area (Å²) in [4.78, 5) is 0. The zero-order valence-electron chi connectivity index (χ0n) is 7.31. The third-order valence-corrected chi connectivity index (χ3v) is 1.73. The smallest absolute Gasteiger partial charge is 0.188 e. The maximum absolute atomic E-state index is 13.1. The molecule has 0 saturated carbocycles. The highest BCUT2D eigenvalue weighted by Gasteiger charge is 2.23. The van der Waals surface area contributed by atoms with Crippen LogP contribution in [0.3, 0.4) is 0 Å². The monoisotopic (exact) mass is 188 g/mol. The molecular weight excluding hydrogens is 178 g/mol. The lowest BCUT2D eigenvalue weighted by molar-refractivity contribution is 0.0737. The molecule has 13 heavy (non-hydrogen) atoms. The van der Waals surface area contributed by atoms with E-state index in [1.54, 1.807) is 0 Å². The summed E-state index contributed by atoms with van der Waals surface area (Å²) in [6, 6.07) is 2.01. The molecule has 0 atom stereocenters. The standard InChI is InChI=1S/C9H10F2O2/c1-9(2,13)5-3-4-6(10)8(12)7(5)11/h3-4,12-13H,1-2H3. The SMILES string of the molecule is CC(C)(O)c1ccc(F)c(O)c1F. The molecule has 0 aliphatic heterocycles. The molecule has 0 heterocycles. The summed E-state index contributed by atoms with van der Waals surface area (Å²) in [6.45, 7) is 2.70. The van der Waals surface area contributed by atoms with Crippen molar-refractivity contribution in [3.05, 3.63) is 29.3 Å². The van der Waals surface area contributed by atoms with E-state index in [0.29, 0.717) is 0 Å². The minimum Gasteiger partial charge on any atom is -0.503 e. The number of rotatable bonds is 1. The van der Waals surface area contributed by atoms with Crippen molar-refractivity contribution in [2.45, 2.75) is 19.4 Å². The first-order valence-corrected chi connectivity index (χ1v) is 3.74. The fourth-order valence-corrected chi connectivity index (χ4v) is 1.01. The molecule has 0 amide bonds. The first kappa shape index (κ1) is 9.92. The van der Waals surface area contributed by atoms with Gasteiger partial charge in [0.2, 0.25) is 0 Å². The van der Waals surface area contributed by atoms with E-state index < -0.39 is 23.0 Å². The van der Waals surface area contributed by atoms with E-state index in [4.69, 9.17) is 5.11 Å². The lowest BCUT2D eigenvalue weighted by Crippen LogP contribution is -2.17. The van der Waals surface area contributed by atoms with Crippen molar-refractivity contribution in [2.75, 3.05) is 0 Å². The third kappa shape index (κ3) is 1.78. The second-order valence-corrected chi connectivity index (χ2v) is 3.32. The zero-order chi connectivity index (χ0) is 10.2. The normalized spacial score (nSPS) is 11.8. The van der Waals surface area contributed by atoms with Crippen LogP contribution in [0, 0.1) is 11.6 Å². The second-order valence-electron chi connectivity index (χ2n) is 3.32. The number of halogens is 2. The van der Waals surface area contributed by atoms with E-state index >= 15 is 0 Å². The zero-order valence-corrected chi connectivity index (χ0v) is 7.31. The first-order valence-electron chi connectivity index (χ1n) is 3.74. The minimum absolute atomic E-state index is 0.133. The minimum atomic E-state index is -1.44. The van der Waals surface area contributed by atoms with Gasteiger partial charge in [-0.1, -0.05) is 6.07 Å². The van der Waals surface area contributed by atoms with E-state index in [1.807, 2.05) is 0 Å². The van der Waals surface area contributed by atoms with Crippen LogP contribution in [0.15, 0.2) is 12.1 Å². The molecule has 0 radical (unpaired) electrons. The van der Waals surface area contributed by atoms with Gasteiger partial charge in [-0.2, -0.15) is 0 Å². The van der Waals surface area contributed by atoms with Gasteiger partial charge in [0.25, 0.3) is 0 Å². The third-order valence-electron chi connectivity index (χ3n) is 1.73. The summed E-state index contributed by atoms with van der Waals surface area (Å²) in [6.07, 6.45) is 0. The number of phenols is 1. The molecule has 1 aromatic rings. The maximum atomic E-state index is 13.1. The van der Waals surface area contributed by atoms with Gasteiger partial charge in [-0.15, -0.1) is 0 Å². The van der Waals surface area contributed by atoms with Crippen LogP contribution in [0.2, 0.25) is 0 Å². The summed E-state index contributed by atoms with van der Waals surface area (Å²) < 4.78 is 25.7. The Labute approximate surface area is 74.4 Å². The predicted octanol–water partition coefficient (Wildman–Crippen LogP) is 1.90. The van der Waals surface area contributed by atoms with Crippen molar-refractivity contribution in [1.82, 2.24) is 0 Å². The van der Waals surface area contributed by atoms with Gasteiger partial charge >= 0.3 is 0 Å². The molecular formula is C9H10F2O2. The Balaban J connectivity index is 3.35. The number of aromatic hydroxyl groups is 1. The molecule has 0 unspecified atom stereocenters. The van der Waals surface area contributed by atoms with Gasteiger partial charge in [0.1, 0.15) is 0 Å². The van der Waals surface area contributed by atoms with Crippen LogP contribution in [-0.4, -0.2) is 10.2 Å². The molecule has 72 valence electrons. The Bertz CT molecular complexity index is 329. The average Bonchev–Trinajstić information content (AvgIpc) is 1.98. The van der Waals surface area contributed by atoms with Crippen LogP contribution in [-0.2, 0) is 5.60 Å². The van der Waals surface area contributed by atoms with Gasteiger partial charge in [-0.3, -0.25) is 0 Å². The number of hydrogen-bond donors (Lipinski definition) is 2. The quantitative estimate of drug-likeness (QED) is 0.706. The first-order chi connectivity index (χ1) is 5.84. The van der Waals surface area contributed by atoms with E-state index in [9.17, 15) is 13.9 Å². The van der Waals surface area contributed by atoms with Crippen molar-refractivity contribution in [3.8, 4) is 5.75 Å². The van der Waals surface area contributed by atoms with Gasteiger partial charge in [0, 0.05) is 5.56 Å². The highest BCUT2D eigenvalue weighted by molar-refractivity contribution is 5.34. The van der Waals surface area contributed by atoms with Gasteiger partial charge in [0.15, 0.2) is 17.4 Å². The van der Waals surface area contributed by atoms with Crippen molar-refractivity contribution >= 4 is 0 Å². The summed E-state index contributed by atoms with van der Waals surface area (Å²) in [5.74, 6) is -3.21. The fourth-order valence-electron chi connectivity index (χ4n) is 1.01. The van der Waals surface area contributed by atoms with Crippen molar-refractivity contribution in [2.24, 2.45) is 0 Å². The van der Waals surface area contributed by atoms with Crippen LogP contribution in [0.25, 0.3) is 0 Å².